The zero-order chi connectivity index (χ0) is 22.8. The summed E-state index contributed by atoms with van der Waals surface area (Å²) in [5, 5.41) is 6.40. The van der Waals surface area contributed by atoms with Crippen LogP contribution in [-0.2, 0) is 6.54 Å². The van der Waals surface area contributed by atoms with Gasteiger partial charge in [0.15, 0.2) is 5.96 Å². The molecule has 172 valence electrons. The molecule has 0 radical (unpaired) electrons. The number of piperazine rings is 1. The van der Waals surface area contributed by atoms with Crippen LogP contribution < -0.4 is 15.5 Å². The van der Waals surface area contributed by atoms with Gasteiger partial charge >= 0.3 is 0 Å². The molecule has 0 bridgehead atoms. The van der Waals surface area contributed by atoms with Gasteiger partial charge in [-0.2, -0.15) is 0 Å². The van der Waals surface area contributed by atoms with E-state index >= 15 is 0 Å². The number of nitrogens with zero attached hydrogens (tertiary/aromatic N) is 4. The van der Waals surface area contributed by atoms with Crippen LogP contribution in [0.5, 0.6) is 0 Å². The predicted octanol–water partition coefficient (Wildman–Crippen LogP) is 2.27. The van der Waals surface area contributed by atoms with Gasteiger partial charge in [0.25, 0.3) is 5.91 Å². The van der Waals surface area contributed by atoms with Crippen LogP contribution in [0.2, 0.25) is 0 Å². The lowest BCUT2D eigenvalue weighted by molar-refractivity contribution is 0.0951. The Morgan fingerprint density at radius 3 is 2.44 bits per heavy atom. The van der Waals surface area contributed by atoms with Crippen LogP contribution in [0.4, 0.5) is 5.69 Å². The van der Waals surface area contributed by atoms with Gasteiger partial charge in [-0.05, 0) is 50.8 Å². The first kappa shape index (κ1) is 23.6. The van der Waals surface area contributed by atoms with Gasteiger partial charge in [0.2, 0.25) is 0 Å². The number of para-hydroxylation sites is 1. The maximum absolute atomic E-state index is 12.4. The molecule has 1 saturated heterocycles. The minimum absolute atomic E-state index is 0.0402. The average Bonchev–Trinajstić information content (AvgIpc) is 2.82. The van der Waals surface area contributed by atoms with Crippen LogP contribution >= 0.6 is 0 Å². The van der Waals surface area contributed by atoms with Crippen LogP contribution in [0.25, 0.3) is 0 Å². The number of anilines is 1. The van der Waals surface area contributed by atoms with Gasteiger partial charge in [0, 0.05) is 57.1 Å². The summed E-state index contributed by atoms with van der Waals surface area (Å²) in [6.07, 6.45) is 0. The summed E-state index contributed by atoms with van der Waals surface area (Å²) >= 11 is 0. The lowest BCUT2D eigenvalue weighted by Crippen LogP contribution is -2.52. The van der Waals surface area contributed by atoms with Gasteiger partial charge in [-0.1, -0.05) is 30.3 Å². The summed E-state index contributed by atoms with van der Waals surface area (Å²) in [6, 6.07) is 18.3. The van der Waals surface area contributed by atoms with E-state index in [2.05, 4.69) is 57.7 Å². The van der Waals surface area contributed by atoms with Gasteiger partial charge in [-0.15, -0.1) is 0 Å². The number of rotatable bonds is 8. The van der Waals surface area contributed by atoms with E-state index in [0.717, 1.165) is 50.8 Å². The molecule has 32 heavy (non-hydrogen) atoms. The van der Waals surface area contributed by atoms with E-state index in [1.54, 1.807) is 0 Å². The van der Waals surface area contributed by atoms with Crippen molar-refractivity contribution in [3.63, 3.8) is 0 Å². The van der Waals surface area contributed by atoms with E-state index in [-0.39, 0.29) is 5.91 Å². The lowest BCUT2D eigenvalue weighted by Gasteiger charge is -2.37. The molecule has 2 N–H and O–H groups in total. The molecule has 1 amide bonds. The number of hydrogen-bond donors (Lipinski definition) is 2. The Hall–Kier alpha value is -3.06. The third kappa shape index (κ3) is 6.99. The molecule has 0 aliphatic carbocycles. The second-order valence-corrected chi connectivity index (χ2v) is 8.24. The number of amides is 1. The maximum atomic E-state index is 12.4. The number of carbonyl (C=O) groups is 1. The van der Waals surface area contributed by atoms with E-state index in [0.29, 0.717) is 18.7 Å². The second kappa shape index (κ2) is 12.1. The normalized spacial score (nSPS) is 14.6. The third-order valence-corrected chi connectivity index (χ3v) is 5.48. The minimum Gasteiger partial charge on any atom is -0.368 e. The monoisotopic (exact) mass is 436 g/mol. The molecular formula is C25H36N6O. The minimum atomic E-state index is -0.0402. The van der Waals surface area contributed by atoms with Gasteiger partial charge in [0.1, 0.15) is 0 Å². The van der Waals surface area contributed by atoms with Gasteiger partial charge in [-0.3, -0.25) is 4.79 Å². The van der Waals surface area contributed by atoms with Crippen molar-refractivity contribution >= 4 is 17.6 Å². The fourth-order valence-corrected chi connectivity index (χ4v) is 3.71. The predicted molar refractivity (Wildman–Crippen MR) is 132 cm³/mol. The first-order valence-corrected chi connectivity index (χ1v) is 11.4. The number of nitrogens with one attached hydrogen (secondary N) is 2. The Bertz CT molecular complexity index is 875. The summed E-state index contributed by atoms with van der Waals surface area (Å²) in [5.74, 6) is 0.891. The van der Waals surface area contributed by atoms with Crippen LogP contribution in [0.3, 0.4) is 0 Å². The number of hydrogen-bond acceptors (Lipinski definition) is 4. The molecule has 7 nitrogen and oxygen atoms in total. The van der Waals surface area contributed by atoms with E-state index in [9.17, 15) is 4.79 Å². The average molecular weight is 437 g/mol. The highest BCUT2D eigenvalue weighted by molar-refractivity contribution is 5.94. The summed E-state index contributed by atoms with van der Waals surface area (Å²) in [5.41, 5.74) is 2.98. The zero-order valence-corrected chi connectivity index (χ0v) is 19.6. The van der Waals surface area contributed by atoms with Gasteiger partial charge in [-0.25, -0.2) is 4.99 Å². The standard InChI is InChI=1S/C25H36N6O/c1-4-26-25(31-17-15-30(16-18-31)23-11-6-5-7-12-23)28-20-21-9-8-10-22(19-21)24(32)27-13-14-29(2)3/h5-12,19H,4,13-18,20H2,1-3H3,(H,26,28)(H,27,32). The van der Waals surface area contributed by atoms with Crippen molar-refractivity contribution in [1.82, 2.24) is 20.4 Å². The quantitative estimate of drug-likeness (QED) is 0.491. The molecule has 2 aromatic rings. The first-order chi connectivity index (χ1) is 15.6. The van der Waals surface area contributed by atoms with E-state index < -0.39 is 0 Å². The van der Waals surface area contributed by atoms with Crippen molar-refractivity contribution in [2.45, 2.75) is 13.5 Å². The molecule has 2 aromatic carbocycles. The molecule has 0 aromatic heterocycles. The SMILES string of the molecule is CCNC(=NCc1cccc(C(=O)NCCN(C)C)c1)N1CCN(c2ccccc2)CC1. The highest BCUT2D eigenvalue weighted by Crippen LogP contribution is 2.16. The summed E-state index contributed by atoms with van der Waals surface area (Å²) < 4.78 is 0. The molecule has 1 aliphatic heterocycles. The molecule has 0 spiro atoms. The Morgan fingerprint density at radius 2 is 1.75 bits per heavy atom. The first-order valence-electron chi connectivity index (χ1n) is 11.4. The van der Waals surface area contributed by atoms with Gasteiger partial charge < -0.3 is 25.3 Å². The Morgan fingerprint density at radius 1 is 1.00 bits per heavy atom. The topological polar surface area (TPSA) is 63.2 Å². The fraction of sp³-hybridized carbons (Fsp3) is 0.440. The van der Waals surface area contributed by atoms with Crippen molar-refractivity contribution in [3.05, 3.63) is 65.7 Å². The van der Waals surface area contributed by atoms with Crippen LogP contribution in [0.1, 0.15) is 22.8 Å². The van der Waals surface area contributed by atoms with Crippen LogP contribution in [-0.4, -0.2) is 81.6 Å². The Labute approximate surface area is 192 Å². The molecule has 1 fully saturated rings. The number of guanidine groups is 1. The summed E-state index contributed by atoms with van der Waals surface area (Å²) in [4.78, 5) is 24.1. The van der Waals surface area contributed by atoms with Crippen LogP contribution in [0, 0.1) is 0 Å². The fourth-order valence-electron chi connectivity index (χ4n) is 3.71. The molecule has 1 heterocycles. The number of likely N-dealkylation sites (N-methyl/N-ethyl adjacent to an activating group) is 1. The number of carbonyl (C=O) groups excluding carboxylic acids is 1. The van der Waals surface area contributed by atoms with Crippen LogP contribution in [0.15, 0.2) is 59.6 Å². The highest BCUT2D eigenvalue weighted by Gasteiger charge is 2.19. The summed E-state index contributed by atoms with van der Waals surface area (Å²) in [6.45, 7) is 8.70. The van der Waals surface area contributed by atoms with Crippen molar-refractivity contribution in [3.8, 4) is 0 Å². The van der Waals surface area contributed by atoms with Gasteiger partial charge in [0.05, 0.1) is 6.54 Å². The molecular weight excluding hydrogens is 400 g/mol. The largest absolute Gasteiger partial charge is 0.368 e. The number of benzene rings is 2. The van der Waals surface area contributed by atoms with E-state index in [1.807, 2.05) is 43.3 Å². The Kier molecular flexibility index (Phi) is 8.92. The van der Waals surface area contributed by atoms with Crippen molar-refractivity contribution in [1.29, 1.82) is 0 Å². The Balaban J connectivity index is 1.59. The van der Waals surface area contributed by atoms with Crippen molar-refractivity contribution in [2.75, 3.05) is 64.8 Å². The molecule has 0 unspecified atom stereocenters. The van der Waals surface area contributed by atoms with E-state index in [1.165, 1.54) is 5.69 Å². The van der Waals surface area contributed by atoms with E-state index in [4.69, 9.17) is 4.99 Å². The second-order valence-electron chi connectivity index (χ2n) is 8.24. The smallest absolute Gasteiger partial charge is 0.251 e. The zero-order valence-electron chi connectivity index (χ0n) is 19.6. The summed E-state index contributed by atoms with van der Waals surface area (Å²) in [7, 11) is 3.99. The van der Waals surface area contributed by atoms with Crippen molar-refractivity contribution < 1.29 is 4.79 Å². The highest BCUT2D eigenvalue weighted by atomic mass is 16.1. The molecule has 0 saturated carbocycles. The molecule has 1 aliphatic rings. The maximum Gasteiger partial charge on any atom is 0.251 e. The third-order valence-electron chi connectivity index (χ3n) is 5.48. The van der Waals surface area contributed by atoms with Crippen molar-refractivity contribution in [2.24, 2.45) is 4.99 Å². The molecule has 0 atom stereocenters. The lowest BCUT2D eigenvalue weighted by atomic mass is 10.1. The molecule has 3 rings (SSSR count). The molecule has 7 heteroatoms. The number of aliphatic imine (C=N–C) groups is 1.